The van der Waals surface area contributed by atoms with Crippen LogP contribution in [0.3, 0.4) is 0 Å². The van der Waals surface area contributed by atoms with Crippen molar-refractivity contribution in [3.05, 3.63) is 0 Å². The number of carbonyl (C=O) groups is 1. The Labute approximate surface area is 97.3 Å². The van der Waals surface area contributed by atoms with Gasteiger partial charge in [0.25, 0.3) is 0 Å². The zero-order valence-corrected chi connectivity index (χ0v) is 10.1. The van der Waals surface area contributed by atoms with Crippen molar-refractivity contribution in [2.45, 2.75) is 19.3 Å². The molecule has 0 radical (unpaired) electrons. The minimum absolute atomic E-state index is 0.117. The van der Waals surface area contributed by atoms with E-state index in [0.29, 0.717) is 12.5 Å². The SMILES string of the molecule is CN(CC1CCNCC1)C(=O)C1CCOC1. The first kappa shape index (κ1) is 11.9. The monoisotopic (exact) mass is 226 g/mol. The number of rotatable bonds is 3. The number of hydrogen-bond acceptors (Lipinski definition) is 3. The van der Waals surface area contributed by atoms with E-state index in [1.807, 2.05) is 11.9 Å². The smallest absolute Gasteiger partial charge is 0.227 e. The second kappa shape index (κ2) is 5.64. The lowest BCUT2D eigenvalue weighted by atomic mass is 9.97. The minimum Gasteiger partial charge on any atom is -0.381 e. The number of ether oxygens (including phenoxy) is 1. The van der Waals surface area contributed by atoms with Gasteiger partial charge in [0.1, 0.15) is 0 Å². The summed E-state index contributed by atoms with van der Waals surface area (Å²) in [7, 11) is 1.93. The van der Waals surface area contributed by atoms with Crippen molar-refractivity contribution in [3.63, 3.8) is 0 Å². The number of nitrogens with one attached hydrogen (secondary N) is 1. The first-order valence-corrected chi connectivity index (χ1v) is 6.31. The number of nitrogens with zero attached hydrogens (tertiary/aromatic N) is 1. The molecule has 16 heavy (non-hydrogen) atoms. The van der Waals surface area contributed by atoms with Crippen LogP contribution in [0.2, 0.25) is 0 Å². The highest BCUT2D eigenvalue weighted by Gasteiger charge is 2.27. The molecule has 0 aromatic heterocycles. The highest BCUT2D eigenvalue weighted by Crippen LogP contribution is 2.18. The molecule has 1 amide bonds. The molecule has 1 atom stereocenters. The molecule has 1 unspecified atom stereocenters. The molecule has 2 rings (SSSR count). The van der Waals surface area contributed by atoms with E-state index in [1.165, 1.54) is 12.8 Å². The van der Waals surface area contributed by atoms with Gasteiger partial charge in [-0.2, -0.15) is 0 Å². The van der Waals surface area contributed by atoms with Crippen LogP contribution in [0.5, 0.6) is 0 Å². The fourth-order valence-electron chi connectivity index (χ4n) is 2.58. The van der Waals surface area contributed by atoms with Crippen LogP contribution in [0.1, 0.15) is 19.3 Å². The molecular weight excluding hydrogens is 204 g/mol. The zero-order valence-electron chi connectivity index (χ0n) is 10.1. The van der Waals surface area contributed by atoms with E-state index in [-0.39, 0.29) is 11.8 Å². The van der Waals surface area contributed by atoms with Gasteiger partial charge in [0.15, 0.2) is 0 Å². The van der Waals surface area contributed by atoms with Gasteiger partial charge < -0.3 is 15.0 Å². The predicted octanol–water partition coefficient (Wildman–Crippen LogP) is 0.481. The summed E-state index contributed by atoms with van der Waals surface area (Å²) in [4.78, 5) is 14.0. The fourth-order valence-corrected chi connectivity index (χ4v) is 2.58. The number of carbonyl (C=O) groups excluding carboxylic acids is 1. The topological polar surface area (TPSA) is 41.6 Å². The maximum atomic E-state index is 12.0. The Bertz CT molecular complexity index is 233. The summed E-state index contributed by atoms with van der Waals surface area (Å²) in [5.74, 6) is 1.07. The van der Waals surface area contributed by atoms with Gasteiger partial charge in [-0.1, -0.05) is 0 Å². The van der Waals surface area contributed by atoms with Gasteiger partial charge in [0.2, 0.25) is 5.91 Å². The summed E-state index contributed by atoms with van der Waals surface area (Å²) in [6.45, 7) is 4.47. The predicted molar refractivity (Wildman–Crippen MR) is 62.2 cm³/mol. The van der Waals surface area contributed by atoms with Crippen molar-refractivity contribution in [1.29, 1.82) is 0 Å². The molecule has 2 aliphatic rings. The molecule has 0 aliphatic carbocycles. The van der Waals surface area contributed by atoms with Gasteiger partial charge in [-0.05, 0) is 38.3 Å². The molecule has 92 valence electrons. The molecule has 1 N–H and O–H groups in total. The Morgan fingerprint density at radius 2 is 2.12 bits per heavy atom. The Kier molecular flexibility index (Phi) is 4.18. The van der Waals surface area contributed by atoms with Crippen molar-refractivity contribution >= 4 is 5.91 Å². The lowest BCUT2D eigenvalue weighted by Gasteiger charge is -2.28. The van der Waals surface area contributed by atoms with Crippen molar-refractivity contribution in [2.75, 3.05) is 39.9 Å². The second-order valence-corrected chi connectivity index (χ2v) is 4.97. The van der Waals surface area contributed by atoms with Crippen LogP contribution in [-0.4, -0.2) is 50.7 Å². The van der Waals surface area contributed by atoms with Gasteiger partial charge in [-0.3, -0.25) is 4.79 Å². The van der Waals surface area contributed by atoms with E-state index in [1.54, 1.807) is 0 Å². The van der Waals surface area contributed by atoms with E-state index < -0.39 is 0 Å². The number of piperidine rings is 1. The van der Waals surface area contributed by atoms with Gasteiger partial charge in [0.05, 0.1) is 12.5 Å². The molecule has 0 aromatic carbocycles. The fraction of sp³-hybridized carbons (Fsp3) is 0.917. The number of hydrogen-bond donors (Lipinski definition) is 1. The standard InChI is InChI=1S/C12H22N2O2/c1-14(8-10-2-5-13-6-3-10)12(15)11-4-7-16-9-11/h10-11,13H,2-9H2,1H3. The molecule has 2 saturated heterocycles. The quantitative estimate of drug-likeness (QED) is 0.761. The summed E-state index contributed by atoms with van der Waals surface area (Å²) in [6.07, 6.45) is 3.28. The van der Waals surface area contributed by atoms with Crippen LogP contribution in [-0.2, 0) is 9.53 Å². The van der Waals surface area contributed by atoms with Crippen molar-refractivity contribution in [2.24, 2.45) is 11.8 Å². The van der Waals surface area contributed by atoms with Crippen LogP contribution < -0.4 is 5.32 Å². The zero-order chi connectivity index (χ0) is 11.4. The lowest BCUT2D eigenvalue weighted by molar-refractivity contribution is -0.134. The Morgan fingerprint density at radius 3 is 2.75 bits per heavy atom. The third-order valence-electron chi connectivity index (χ3n) is 3.65. The Hall–Kier alpha value is -0.610. The Morgan fingerprint density at radius 1 is 1.38 bits per heavy atom. The van der Waals surface area contributed by atoms with Crippen LogP contribution in [0.15, 0.2) is 0 Å². The molecule has 4 nitrogen and oxygen atoms in total. The lowest BCUT2D eigenvalue weighted by Crippen LogP contribution is -2.39. The van der Waals surface area contributed by atoms with Crippen molar-refractivity contribution in [3.8, 4) is 0 Å². The maximum Gasteiger partial charge on any atom is 0.227 e. The summed E-state index contributed by atoms with van der Waals surface area (Å²) in [5, 5.41) is 3.35. The third kappa shape index (κ3) is 2.95. The third-order valence-corrected chi connectivity index (χ3v) is 3.65. The molecular formula is C12H22N2O2. The van der Waals surface area contributed by atoms with E-state index in [0.717, 1.165) is 32.7 Å². The number of amides is 1. The second-order valence-electron chi connectivity index (χ2n) is 4.97. The summed E-state index contributed by atoms with van der Waals surface area (Å²) < 4.78 is 5.26. The average Bonchev–Trinajstić information content (AvgIpc) is 2.83. The maximum absolute atomic E-state index is 12.0. The molecule has 0 aromatic rings. The first-order chi connectivity index (χ1) is 7.77. The van der Waals surface area contributed by atoms with E-state index in [9.17, 15) is 4.79 Å². The molecule has 2 fully saturated rings. The van der Waals surface area contributed by atoms with Crippen LogP contribution >= 0.6 is 0 Å². The summed E-state index contributed by atoms with van der Waals surface area (Å²) >= 11 is 0. The van der Waals surface area contributed by atoms with Gasteiger partial charge >= 0.3 is 0 Å². The van der Waals surface area contributed by atoms with E-state index in [4.69, 9.17) is 4.74 Å². The van der Waals surface area contributed by atoms with Gasteiger partial charge in [-0.15, -0.1) is 0 Å². The largest absolute Gasteiger partial charge is 0.381 e. The normalized spacial score (nSPS) is 26.9. The molecule has 2 heterocycles. The molecule has 4 heteroatoms. The molecule has 2 aliphatic heterocycles. The minimum atomic E-state index is 0.117. The average molecular weight is 226 g/mol. The Balaban J connectivity index is 1.77. The molecule has 0 spiro atoms. The van der Waals surface area contributed by atoms with Crippen molar-refractivity contribution in [1.82, 2.24) is 10.2 Å². The van der Waals surface area contributed by atoms with E-state index >= 15 is 0 Å². The summed E-state index contributed by atoms with van der Waals surface area (Å²) in [5.41, 5.74) is 0. The molecule has 0 saturated carbocycles. The van der Waals surface area contributed by atoms with Crippen LogP contribution in [0.25, 0.3) is 0 Å². The first-order valence-electron chi connectivity index (χ1n) is 6.31. The van der Waals surface area contributed by atoms with Gasteiger partial charge in [-0.25, -0.2) is 0 Å². The van der Waals surface area contributed by atoms with Crippen LogP contribution in [0.4, 0.5) is 0 Å². The molecule has 0 bridgehead atoms. The van der Waals surface area contributed by atoms with Crippen molar-refractivity contribution < 1.29 is 9.53 Å². The highest BCUT2D eigenvalue weighted by molar-refractivity contribution is 5.78. The highest BCUT2D eigenvalue weighted by atomic mass is 16.5. The van der Waals surface area contributed by atoms with Gasteiger partial charge in [0, 0.05) is 20.2 Å². The van der Waals surface area contributed by atoms with E-state index in [2.05, 4.69) is 5.32 Å². The van der Waals surface area contributed by atoms with Crippen LogP contribution in [0, 0.1) is 11.8 Å². The summed E-state index contributed by atoms with van der Waals surface area (Å²) in [6, 6.07) is 0.